The van der Waals surface area contributed by atoms with Crippen LogP contribution in [0.15, 0.2) is 29.6 Å². The van der Waals surface area contributed by atoms with Crippen LogP contribution >= 0.6 is 23.1 Å². The second-order valence-electron chi connectivity index (χ2n) is 7.56. The maximum Gasteiger partial charge on any atom is 0.233 e. The van der Waals surface area contributed by atoms with Gasteiger partial charge in [0.15, 0.2) is 11.5 Å². The highest BCUT2D eigenvalue weighted by Gasteiger charge is 2.34. The van der Waals surface area contributed by atoms with Crippen LogP contribution in [0.4, 0.5) is 0 Å². The quantitative estimate of drug-likeness (QED) is 0.718. The number of thiophene rings is 1. The predicted octanol–water partition coefficient (Wildman–Crippen LogP) is 4.77. The minimum atomic E-state index is -0.0679. The summed E-state index contributed by atoms with van der Waals surface area (Å²) in [5.41, 5.74) is 2.36. The van der Waals surface area contributed by atoms with E-state index >= 15 is 0 Å². The summed E-state index contributed by atoms with van der Waals surface area (Å²) in [7, 11) is 3.31. The fourth-order valence-corrected chi connectivity index (χ4v) is 4.91. The van der Waals surface area contributed by atoms with Crippen molar-refractivity contribution in [3.05, 3.63) is 45.6 Å². The molecule has 0 spiro atoms. The Morgan fingerprint density at radius 3 is 2.56 bits per heavy atom. The van der Waals surface area contributed by atoms with E-state index in [4.69, 9.17) is 9.47 Å². The van der Waals surface area contributed by atoms with E-state index in [1.807, 2.05) is 17.0 Å². The van der Waals surface area contributed by atoms with Gasteiger partial charge >= 0.3 is 0 Å². The van der Waals surface area contributed by atoms with E-state index in [1.54, 1.807) is 37.3 Å². The summed E-state index contributed by atoms with van der Waals surface area (Å²) < 4.78 is 11.1. The van der Waals surface area contributed by atoms with E-state index in [1.165, 1.54) is 10.4 Å². The molecule has 6 heteroatoms. The van der Waals surface area contributed by atoms with Crippen LogP contribution in [0.25, 0.3) is 0 Å². The maximum atomic E-state index is 13.1. The smallest absolute Gasteiger partial charge is 0.233 e. The lowest BCUT2D eigenvalue weighted by atomic mass is 9.91. The first-order valence-corrected chi connectivity index (χ1v) is 10.9. The Kier molecular flexibility index (Phi) is 6.06. The molecule has 27 heavy (non-hydrogen) atoms. The van der Waals surface area contributed by atoms with Crippen LogP contribution in [0.1, 0.15) is 42.8 Å². The number of benzene rings is 1. The Hall–Kier alpha value is -1.66. The van der Waals surface area contributed by atoms with Gasteiger partial charge in [-0.3, -0.25) is 4.79 Å². The number of carbonyl (C=O) groups excluding carboxylic acids is 1. The number of rotatable bonds is 5. The van der Waals surface area contributed by atoms with E-state index in [0.717, 1.165) is 17.7 Å². The molecular weight excluding hydrogens is 378 g/mol. The maximum absolute atomic E-state index is 13.1. The first-order chi connectivity index (χ1) is 12.8. The third kappa shape index (κ3) is 4.43. The molecule has 1 atom stereocenters. The lowest BCUT2D eigenvalue weighted by molar-refractivity contribution is -0.130. The van der Waals surface area contributed by atoms with Crippen molar-refractivity contribution in [2.45, 2.75) is 38.0 Å². The number of thioether (sulfide) groups is 1. The first kappa shape index (κ1) is 20.1. The summed E-state index contributed by atoms with van der Waals surface area (Å²) in [6, 6.07) is 8.18. The summed E-state index contributed by atoms with van der Waals surface area (Å²) >= 11 is 3.39. The van der Waals surface area contributed by atoms with Crippen LogP contribution in [-0.4, -0.2) is 42.1 Å². The largest absolute Gasteiger partial charge is 0.493 e. The summed E-state index contributed by atoms with van der Waals surface area (Å²) in [6.45, 7) is 7.15. The molecule has 0 fully saturated rings. The molecule has 2 aromatic rings. The van der Waals surface area contributed by atoms with Crippen molar-refractivity contribution in [1.82, 2.24) is 4.90 Å². The molecule has 1 unspecified atom stereocenters. The van der Waals surface area contributed by atoms with Crippen LogP contribution < -0.4 is 9.47 Å². The van der Waals surface area contributed by atoms with Gasteiger partial charge in [-0.05, 0) is 41.1 Å². The van der Waals surface area contributed by atoms with Crippen molar-refractivity contribution in [2.24, 2.45) is 0 Å². The second kappa shape index (κ2) is 8.15. The van der Waals surface area contributed by atoms with Crippen molar-refractivity contribution >= 4 is 29.0 Å². The Bertz CT molecular complexity index is 796. The fraction of sp³-hybridized carbons (Fsp3) is 0.476. The number of carbonyl (C=O) groups is 1. The third-order valence-corrected chi connectivity index (χ3v) is 6.82. The number of ether oxygens (including phenoxy) is 2. The number of methoxy groups -OCH3 is 2. The summed E-state index contributed by atoms with van der Waals surface area (Å²) in [6.07, 6.45) is 0.823. The third-order valence-electron chi connectivity index (χ3n) is 4.64. The summed E-state index contributed by atoms with van der Waals surface area (Å²) in [5, 5.41) is 2.07. The standard InChI is InChI=1S/C21H27NO3S2/c1-21(2,3)27-13-19(23)22-9-8-14-11-16(24-4)17(25-5)12-15(14)20(22)18-7-6-10-26-18/h6-7,10-12,20H,8-9,13H2,1-5H3. The van der Waals surface area contributed by atoms with Gasteiger partial charge in [-0.1, -0.05) is 26.8 Å². The van der Waals surface area contributed by atoms with Crippen molar-refractivity contribution in [1.29, 1.82) is 0 Å². The van der Waals surface area contributed by atoms with Gasteiger partial charge in [-0.2, -0.15) is 0 Å². The minimum absolute atomic E-state index is 0.0678. The number of hydrogen-bond donors (Lipinski definition) is 0. The number of amides is 1. The van der Waals surface area contributed by atoms with Crippen LogP contribution in [0.5, 0.6) is 11.5 Å². The molecule has 0 saturated carbocycles. The average Bonchev–Trinajstić information content (AvgIpc) is 3.17. The average molecular weight is 406 g/mol. The topological polar surface area (TPSA) is 38.8 Å². The van der Waals surface area contributed by atoms with Crippen LogP contribution in [0, 0.1) is 0 Å². The normalized spacial score (nSPS) is 16.8. The highest BCUT2D eigenvalue weighted by Crippen LogP contribution is 2.42. The van der Waals surface area contributed by atoms with Gasteiger partial charge in [0.1, 0.15) is 0 Å². The van der Waals surface area contributed by atoms with Crippen molar-refractivity contribution in [2.75, 3.05) is 26.5 Å². The Labute approximate surface area is 169 Å². The minimum Gasteiger partial charge on any atom is -0.493 e. The van der Waals surface area contributed by atoms with Gasteiger partial charge in [0.25, 0.3) is 0 Å². The second-order valence-corrected chi connectivity index (χ2v) is 10.3. The lowest BCUT2D eigenvalue weighted by Crippen LogP contribution is -2.41. The molecule has 1 aliphatic rings. The zero-order chi connectivity index (χ0) is 19.6. The molecule has 0 bridgehead atoms. The SMILES string of the molecule is COc1cc2c(cc1OC)C(c1cccs1)N(C(=O)CSC(C)(C)C)CC2. The molecule has 0 aliphatic carbocycles. The van der Waals surface area contributed by atoms with Gasteiger partial charge in [0.2, 0.25) is 5.91 Å². The van der Waals surface area contributed by atoms with Crippen LogP contribution in [-0.2, 0) is 11.2 Å². The molecule has 1 aliphatic heterocycles. The Balaban J connectivity index is 1.99. The highest BCUT2D eigenvalue weighted by atomic mass is 32.2. The molecule has 0 saturated heterocycles. The van der Waals surface area contributed by atoms with E-state index in [9.17, 15) is 4.79 Å². The highest BCUT2D eigenvalue weighted by molar-refractivity contribution is 8.01. The molecule has 3 rings (SSSR count). The molecule has 2 heterocycles. The number of fused-ring (bicyclic) bond motifs is 1. The summed E-state index contributed by atoms with van der Waals surface area (Å²) in [4.78, 5) is 16.3. The predicted molar refractivity (Wildman–Crippen MR) is 113 cm³/mol. The molecular formula is C21H27NO3S2. The fourth-order valence-electron chi connectivity index (χ4n) is 3.33. The monoisotopic (exact) mass is 405 g/mol. The van der Waals surface area contributed by atoms with E-state index in [0.29, 0.717) is 18.0 Å². The summed E-state index contributed by atoms with van der Waals surface area (Å²) in [5.74, 6) is 2.13. The molecule has 0 N–H and O–H groups in total. The molecule has 1 amide bonds. The van der Waals surface area contributed by atoms with Gasteiger partial charge in [0, 0.05) is 16.2 Å². The number of nitrogens with zero attached hydrogens (tertiary/aromatic N) is 1. The van der Waals surface area contributed by atoms with Gasteiger partial charge < -0.3 is 14.4 Å². The van der Waals surface area contributed by atoms with Crippen LogP contribution in [0.3, 0.4) is 0 Å². The Morgan fingerprint density at radius 2 is 1.96 bits per heavy atom. The van der Waals surface area contributed by atoms with Gasteiger partial charge in [-0.15, -0.1) is 23.1 Å². The zero-order valence-electron chi connectivity index (χ0n) is 16.6. The van der Waals surface area contributed by atoms with Crippen molar-refractivity contribution < 1.29 is 14.3 Å². The lowest BCUT2D eigenvalue weighted by Gasteiger charge is -2.38. The van der Waals surface area contributed by atoms with Gasteiger partial charge in [-0.25, -0.2) is 0 Å². The van der Waals surface area contributed by atoms with E-state index in [2.05, 4.69) is 38.3 Å². The van der Waals surface area contributed by atoms with Crippen molar-refractivity contribution in [3.63, 3.8) is 0 Å². The molecule has 146 valence electrons. The van der Waals surface area contributed by atoms with Crippen LogP contribution in [0.2, 0.25) is 0 Å². The first-order valence-electron chi connectivity index (χ1n) is 9.05. The molecule has 0 radical (unpaired) electrons. The Morgan fingerprint density at radius 1 is 1.26 bits per heavy atom. The molecule has 1 aromatic carbocycles. The van der Waals surface area contributed by atoms with Gasteiger partial charge in [0.05, 0.1) is 26.0 Å². The van der Waals surface area contributed by atoms with Crippen molar-refractivity contribution in [3.8, 4) is 11.5 Å². The molecule has 1 aromatic heterocycles. The number of hydrogen-bond acceptors (Lipinski definition) is 5. The van der Waals surface area contributed by atoms with E-state index < -0.39 is 0 Å². The molecule has 4 nitrogen and oxygen atoms in total. The van der Waals surface area contributed by atoms with E-state index in [-0.39, 0.29) is 16.7 Å². The zero-order valence-corrected chi connectivity index (χ0v) is 18.2.